The van der Waals surface area contributed by atoms with Crippen molar-refractivity contribution in [1.29, 1.82) is 0 Å². The summed E-state index contributed by atoms with van der Waals surface area (Å²) in [5.41, 5.74) is 0. The van der Waals surface area contributed by atoms with Crippen LogP contribution in [0.15, 0.2) is 25.6 Å². The summed E-state index contributed by atoms with van der Waals surface area (Å²) in [6.07, 6.45) is -4.69. The smallest absolute Gasteiger partial charge is 0.404 e. The van der Waals surface area contributed by atoms with Gasteiger partial charge in [-0.2, -0.15) is 0 Å². The summed E-state index contributed by atoms with van der Waals surface area (Å²) in [6.45, 7) is 0. The van der Waals surface area contributed by atoms with Crippen LogP contribution in [0.3, 0.4) is 0 Å². The first-order valence-electron chi connectivity index (χ1n) is 3.20. The number of ether oxygens (including phenoxy) is 1. The molecule has 0 fully saturated rings. The summed E-state index contributed by atoms with van der Waals surface area (Å²) in [7, 11) is 0. The zero-order valence-corrected chi connectivity index (χ0v) is 11.1. The highest BCUT2D eigenvalue weighted by molar-refractivity contribution is 9.13. The Hall–Kier alpha value is 0.250. The molecule has 0 aliphatic heterocycles. The highest BCUT2D eigenvalue weighted by atomic mass is 79.9. The van der Waals surface area contributed by atoms with Crippen LogP contribution in [0.25, 0.3) is 0 Å². The first-order valence-corrected chi connectivity index (χ1v) is 5.58. The van der Waals surface area contributed by atoms with Crippen LogP contribution in [0.5, 0.6) is 5.75 Å². The minimum Gasteiger partial charge on any atom is -0.404 e. The Balaban J connectivity index is 3.09. The number of rotatable bonds is 1. The van der Waals surface area contributed by atoms with Crippen molar-refractivity contribution in [2.75, 3.05) is 0 Å². The third-order valence-electron chi connectivity index (χ3n) is 1.19. The normalized spacial score (nSPS) is 11.6. The van der Waals surface area contributed by atoms with E-state index in [0.29, 0.717) is 8.95 Å². The number of benzene rings is 1. The molecule has 1 rings (SSSR count). The minimum absolute atomic E-state index is 0.220. The molecule has 0 heterocycles. The largest absolute Gasteiger partial charge is 0.573 e. The lowest BCUT2D eigenvalue weighted by atomic mass is 10.3. The predicted octanol–water partition coefficient (Wildman–Crippen LogP) is 4.87. The molecule has 1 nitrogen and oxygen atoms in total. The second-order valence-electron chi connectivity index (χ2n) is 2.25. The molecule has 0 bridgehead atoms. The molecule has 0 N–H and O–H groups in total. The van der Waals surface area contributed by atoms with Gasteiger partial charge in [0, 0.05) is 8.95 Å². The molecule has 1 aromatic carbocycles. The molecule has 7 heteroatoms. The molecule has 0 aliphatic rings. The van der Waals surface area contributed by atoms with Gasteiger partial charge >= 0.3 is 6.36 Å². The zero-order valence-electron chi connectivity index (χ0n) is 6.33. The molecule has 14 heavy (non-hydrogen) atoms. The number of hydrogen-bond donors (Lipinski definition) is 0. The average molecular weight is 399 g/mol. The van der Waals surface area contributed by atoms with Gasteiger partial charge in [0.25, 0.3) is 0 Å². The Bertz CT molecular complexity index is 351. The molecule has 0 saturated heterocycles. The lowest BCUT2D eigenvalue weighted by molar-refractivity contribution is -0.274. The molecule has 0 amide bonds. The van der Waals surface area contributed by atoms with E-state index in [4.69, 9.17) is 0 Å². The van der Waals surface area contributed by atoms with Crippen LogP contribution in [0.1, 0.15) is 0 Å². The fourth-order valence-electron chi connectivity index (χ4n) is 0.731. The van der Waals surface area contributed by atoms with Crippen LogP contribution < -0.4 is 4.74 Å². The van der Waals surface area contributed by atoms with Crippen LogP contribution in [0, 0.1) is 0 Å². The molecule has 0 radical (unpaired) electrons. The van der Waals surface area contributed by atoms with E-state index in [1.165, 1.54) is 6.07 Å². The quantitative estimate of drug-likeness (QED) is 0.613. The van der Waals surface area contributed by atoms with Crippen molar-refractivity contribution >= 4 is 47.8 Å². The second kappa shape index (κ2) is 4.40. The van der Waals surface area contributed by atoms with Crippen molar-refractivity contribution in [3.8, 4) is 5.75 Å². The molecule has 0 saturated carbocycles. The van der Waals surface area contributed by atoms with Gasteiger partial charge in [-0.25, -0.2) is 0 Å². The Morgan fingerprint density at radius 1 is 1.07 bits per heavy atom. The van der Waals surface area contributed by atoms with Gasteiger partial charge in [-0.15, -0.1) is 13.2 Å². The molecular formula is C7H2Br3F3O. The van der Waals surface area contributed by atoms with Gasteiger partial charge in [0.1, 0.15) is 5.75 Å². The predicted molar refractivity (Wildman–Crippen MR) is 56.2 cm³/mol. The summed E-state index contributed by atoms with van der Waals surface area (Å²) < 4.78 is 40.7. The maximum atomic E-state index is 11.9. The third kappa shape index (κ3) is 3.43. The fraction of sp³-hybridized carbons (Fsp3) is 0.143. The second-order valence-corrected chi connectivity index (χ2v) is 4.81. The van der Waals surface area contributed by atoms with Gasteiger partial charge in [0.2, 0.25) is 0 Å². The lowest BCUT2D eigenvalue weighted by Crippen LogP contribution is -2.17. The van der Waals surface area contributed by atoms with Crippen LogP contribution in [0.4, 0.5) is 13.2 Å². The van der Waals surface area contributed by atoms with Crippen LogP contribution in [0.2, 0.25) is 0 Å². The zero-order chi connectivity index (χ0) is 10.9. The van der Waals surface area contributed by atoms with E-state index < -0.39 is 6.36 Å². The van der Waals surface area contributed by atoms with E-state index in [0.717, 1.165) is 0 Å². The summed E-state index contributed by atoms with van der Waals surface area (Å²) in [5, 5.41) is 0. The summed E-state index contributed by atoms with van der Waals surface area (Å²) in [5.74, 6) is -0.293. The van der Waals surface area contributed by atoms with Gasteiger partial charge in [0.15, 0.2) is 0 Å². The molecule has 0 aliphatic carbocycles. The first kappa shape index (κ1) is 12.3. The highest BCUT2D eigenvalue weighted by Crippen LogP contribution is 2.38. The van der Waals surface area contributed by atoms with Crippen molar-refractivity contribution < 1.29 is 17.9 Å². The number of hydrogen-bond acceptors (Lipinski definition) is 1. The first-order chi connectivity index (χ1) is 6.29. The van der Waals surface area contributed by atoms with E-state index in [1.54, 1.807) is 6.07 Å². The topological polar surface area (TPSA) is 9.23 Å². The molecule has 0 atom stereocenters. The fourth-order valence-corrected chi connectivity index (χ4v) is 2.23. The van der Waals surface area contributed by atoms with Gasteiger partial charge in [-0.05, 0) is 44.0 Å². The molecule has 0 unspecified atom stereocenters. The minimum atomic E-state index is -4.69. The third-order valence-corrected chi connectivity index (χ3v) is 3.62. The van der Waals surface area contributed by atoms with Gasteiger partial charge in [-0.1, -0.05) is 15.9 Å². The van der Waals surface area contributed by atoms with Crippen LogP contribution in [-0.4, -0.2) is 6.36 Å². The molecule has 1 aromatic rings. The molecule has 78 valence electrons. The Morgan fingerprint density at radius 3 is 2.14 bits per heavy atom. The molecular weight excluding hydrogens is 397 g/mol. The Morgan fingerprint density at radius 2 is 1.64 bits per heavy atom. The maximum absolute atomic E-state index is 11.9. The van der Waals surface area contributed by atoms with E-state index in [9.17, 15) is 13.2 Å². The summed E-state index contributed by atoms with van der Waals surface area (Å²) in [6, 6.07) is 2.83. The van der Waals surface area contributed by atoms with Crippen molar-refractivity contribution in [2.45, 2.75) is 6.36 Å². The van der Waals surface area contributed by atoms with Crippen molar-refractivity contribution in [3.63, 3.8) is 0 Å². The van der Waals surface area contributed by atoms with E-state index in [2.05, 4.69) is 52.5 Å². The van der Waals surface area contributed by atoms with Crippen molar-refractivity contribution in [1.82, 2.24) is 0 Å². The van der Waals surface area contributed by atoms with Crippen molar-refractivity contribution in [3.05, 3.63) is 25.6 Å². The van der Waals surface area contributed by atoms with Gasteiger partial charge in [-0.3, -0.25) is 0 Å². The van der Waals surface area contributed by atoms with E-state index in [-0.39, 0.29) is 10.2 Å². The Kier molecular flexibility index (Phi) is 3.87. The van der Waals surface area contributed by atoms with Gasteiger partial charge in [0.05, 0.1) is 4.47 Å². The highest BCUT2D eigenvalue weighted by Gasteiger charge is 2.32. The average Bonchev–Trinajstić information content (AvgIpc) is 1.96. The monoisotopic (exact) mass is 396 g/mol. The summed E-state index contributed by atoms with van der Waals surface area (Å²) >= 11 is 9.11. The Labute approximate surface area is 103 Å². The van der Waals surface area contributed by atoms with Crippen LogP contribution >= 0.6 is 47.8 Å². The standard InChI is InChI=1S/C7H2Br3F3O/c8-3-1-4(9)6(10)5(2-3)14-7(11,12)13/h1-2H. The maximum Gasteiger partial charge on any atom is 0.573 e. The number of halogens is 6. The molecule has 0 aromatic heterocycles. The van der Waals surface area contributed by atoms with Crippen LogP contribution in [-0.2, 0) is 0 Å². The van der Waals surface area contributed by atoms with Gasteiger partial charge < -0.3 is 4.74 Å². The number of alkyl halides is 3. The summed E-state index contributed by atoms with van der Waals surface area (Å²) in [4.78, 5) is 0. The van der Waals surface area contributed by atoms with E-state index in [1.807, 2.05) is 0 Å². The lowest BCUT2D eigenvalue weighted by Gasteiger charge is -2.11. The molecule has 0 spiro atoms. The van der Waals surface area contributed by atoms with E-state index >= 15 is 0 Å². The van der Waals surface area contributed by atoms with Crippen molar-refractivity contribution in [2.24, 2.45) is 0 Å². The SMILES string of the molecule is FC(F)(F)Oc1cc(Br)cc(Br)c1Br.